The number of allylic oxidation sites excluding steroid dienone is 1. The second kappa shape index (κ2) is 14.9. The SMILES string of the molecule is CCCN1NC(Cc2ccc(-c3ccccc3-c3nnn(C(c4ccccc4)(c4ccccc4)c4ccccc4)n3)cc2)C(C(=O)OC)=C1CC. The summed E-state index contributed by atoms with van der Waals surface area (Å²) in [5.74, 6) is 0.262. The van der Waals surface area contributed by atoms with E-state index in [9.17, 15) is 4.79 Å². The number of hydrazine groups is 1. The lowest BCUT2D eigenvalue weighted by molar-refractivity contribution is -0.136. The zero-order valence-electron chi connectivity index (χ0n) is 29.2. The predicted molar refractivity (Wildman–Crippen MR) is 200 cm³/mol. The molecule has 7 rings (SSSR count). The fourth-order valence-electron chi connectivity index (χ4n) is 7.33. The molecule has 0 bridgehead atoms. The molecule has 0 aliphatic carbocycles. The summed E-state index contributed by atoms with van der Waals surface area (Å²) in [4.78, 5) is 14.6. The van der Waals surface area contributed by atoms with Crippen molar-refractivity contribution >= 4 is 5.97 Å². The molecule has 1 aromatic heterocycles. The zero-order valence-corrected chi connectivity index (χ0v) is 29.2. The molecule has 6 aromatic rings. The molecule has 1 aliphatic heterocycles. The monoisotopic (exact) mass is 674 g/mol. The van der Waals surface area contributed by atoms with E-state index in [-0.39, 0.29) is 12.0 Å². The van der Waals surface area contributed by atoms with Crippen molar-refractivity contribution in [2.45, 2.75) is 44.7 Å². The van der Waals surface area contributed by atoms with Crippen molar-refractivity contribution in [2.24, 2.45) is 0 Å². The average molecular weight is 675 g/mol. The quantitative estimate of drug-likeness (QED) is 0.105. The number of ether oxygens (including phenoxy) is 1. The molecule has 51 heavy (non-hydrogen) atoms. The second-order valence-electron chi connectivity index (χ2n) is 12.7. The number of esters is 1. The topological polar surface area (TPSA) is 85.2 Å². The molecule has 256 valence electrons. The highest BCUT2D eigenvalue weighted by molar-refractivity contribution is 5.91. The van der Waals surface area contributed by atoms with Gasteiger partial charge in [-0.2, -0.15) is 0 Å². The molecule has 1 N–H and O–H groups in total. The highest BCUT2D eigenvalue weighted by atomic mass is 16.5. The molecular formula is C43H42N6O2. The van der Waals surface area contributed by atoms with Gasteiger partial charge in [0.25, 0.3) is 0 Å². The van der Waals surface area contributed by atoms with Gasteiger partial charge in [0.15, 0.2) is 5.54 Å². The molecule has 1 atom stereocenters. The molecule has 0 saturated heterocycles. The number of carbonyl (C=O) groups excluding carboxylic acids is 1. The number of nitrogens with one attached hydrogen (secondary N) is 1. The molecule has 0 fully saturated rings. The fraction of sp³-hybridized carbons (Fsp3) is 0.209. The number of tetrazole rings is 1. The molecule has 0 radical (unpaired) electrons. The van der Waals surface area contributed by atoms with Crippen LogP contribution in [0.2, 0.25) is 0 Å². The maximum absolute atomic E-state index is 12.9. The first-order valence-electron chi connectivity index (χ1n) is 17.6. The molecule has 0 spiro atoms. The number of hydrogen-bond acceptors (Lipinski definition) is 7. The van der Waals surface area contributed by atoms with Gasteiger partial charge in [-0.3, -0.25) is 0 Å². The minimum atomic E-state index is -0.859. The summed E-state index contributed by atoms with van der Waals surface area (Å²) in [7, 11) is 1.45. The molecular weight excluding hydrogens is 633 g/mol. The molecule has 8 heteroatoms. The predicted octanol–water partition coefficient (Wildman–Crippen LogP) is 7.83. The van der Waals surface area contributed by atoms with E-state index >= 15 is 0 Å². The van der Waals surface area contributed by atoms with Crippen molar-refractivity contribution in [1.29, 1.82) is 0 Å². The van der Waals surface area contributed by atoms with Crippen molar-refractivity contribution in [1.82, 2.24) is 30.6 Å². The third-order valence-corrected chi connectivity index (χ3v) is 9.65. The van der Waals surface area contributed by atoms with E-state index in [1.165, 1.54) is 7.11 Å². The van der Waals surface area contributed by atoms with E-state index in [2.05, 4.69) is 91.0 Å². The van der Waals surface area contributed by atoms with Crippen molar-refractivity contribution < 1.29 is 9.53 Å². The molecule has 2 heterocycles. The van der Waals surface area contributed by atoms with Crippen LogP contribution >= 0.6 is 0 Å². The lowest BCUT2D eigenvalue weighted by Crippen LogP contribution is -2.39. The zero-order chi connectivity index (χ0) is 35.2. The molecule has 1 aliphatic rings. The number of carbonyl (C=O) groups is 1. The van der Waals surface area contributed by atoms with Crippen molar-refractivity contribution in [2.75, 3.05) is 13.7 Å². The van der Waals surface area contributed by atoms with Crippen LogP contribution in [0.4, 0.5) is 0 Å². The smallest absolute Gasteiger partial charge is 0.337 e. The van der Waals surface area contributed by atoms with Crippen molar-refractivity contribution in [3.63, 3.8) is 0 Å². The van der Waals surface area contributed by atoms with E-state index < -0.39 is 5.54 Å². The first kappa shape index (κ1) is 33.6. The second-order valence-corrected chi connectivity index (χ2v) is 12.7. The molecule has 0 saturated carbocycles. The van der Waals surface area contributed by atoms with Crippen LogP contribution in [0.5, 0.6) is 0 Å². The average Bonchev–Trinajstić information content (AvgIpc) is 3.82. The Labute approximate surface area is 299 Å². The van der Waals surface area contributed by atoms with Crippen LogP contribution in [-0.2, 0) is 21.5 Å². The van der Waals surface area contributed by atoms with Gasteiger partial charge < -0.3 is 9.75 Å². The maximum Gasteiger partial charge on any atom is 0.337 e. The number of rotatable bonds is 12. The van der Waals surface area contributed by atoms with Crippen LogP contribution in [0.25, 0.3) is 22.5 Å². The number of benzene rings is 5. The van der Waals surface area contributed by atoms with Crippen LogP contribution < -0.4 is 5.43 Å². The normalized spacial score (nSPS) is 14.6. The minimum Gasteiger partial charge on any atom is -0.466 e. The van der Waals surface area contributed by atoms with E-state index in [0.29, 0.717) is 12.2 Å². The first-order chi connectivity index (χ1) is 25.1. The summed E-state index contributed by atoms with van der Waals surface area (Å²) in [6.07, 6.45) is 2.39. The van der Waals surface area contributed by atoms with Crippen LogP contribution in [0, 0.1) is 0 Å². The number of aromatic nitrogens is 4. The highest BCUT2D eigenvalue weighted by Crippen LogP contribution is 2.40. The Kier molecular flexibility index (Phi) is 9.85. The summed E-state index contributed by atoms with van der Waals surface area (Å²) < 4.78 is 5.21. The minimum absolute atomic E-state index is 0.157. The van der Waals surface area contributed by atoms with Gasteiger partial charge in [-0.15, -0.1) is 15.0 Å². The summed E-state index contributed by atoms with van der Waals surface area (Å²) in [6.45, 7) is 5.05. The van der Waals surface area contributed by atoms with Gasteiger partial charge in [-0.05, 0) is 57.9 Å². The van der Waals surface area contributed by atoms with Crippen LogP contribution in [0.15, 0.2) is 151 Å². The van der Waals surface area contributed by atoms with Gasteiger partial charge in [0, 0.05) is 17.8 Å². The van der Waals surface area contributed by atoms with Crippen molar-refractivity contribution in [3.8, 4) is 22.5 Å². The number of nitrogens with zero attached hydrogens (tertiary/aromatic N) is 5. The van der Waals surface area contributed by atoms with E-state index in [4.69, 9.17) is 20.1 Å². The van der Waals surface area contributed by atoms with E-state index in [1.54, 1.807) is 4.80 Å². The third kappa shape index (κ3) is 6.35. The summed E-state index contributed by atoms with van der Waals surface area (Å²) in [6, 6.07) is 47.6. The van der Waals surface area contributed by atoms with Gasteiger partial charge in [-0.25, -0.2) is 10.2 Å². The Morgan fingerprint density at radius 2 is 1.29 bits per heavy atom. The van der Waals surface area contributed by atoms with Crippen LogP contribution in [-0.4, -0.2) is 50.9 Å². The first-order valence-corrected chi connectivity index (χ1v) is 17.6. The van der Waals surface area contributed by atoms with Crippen molar-refractivity contribution in [3.05, 3.63) is 173 Å². The molecule has 0 amide bonds. The molecule has 1 unspecified atom stereocenters. The Morgan fingerprint density at radius 3 is 1.82 bits per heavy atom. The van der Waals surface area contributed by atoms with Gasteiger partial charge in [0.05, 0.1) is 18.7 Å². The van der Waals surface area contributed by atoms with Crippen LogP contribution in [0.1, 0.15) is 48.9 Å². The third-order valence-electron chi connectivity index (χ3n) is 9.65. The molecule has 8 nitrogen and oxygen atoms in total. The Balaban J connectivity index is 1.25. The standard InChI is InChI=1S/C43H42N6O2/c1-4-29-48-39(5-2)40(42(50)51-3)38(45-48)30-31-25-27-32(28-26-31)36-23-15-16-24-37(36)41-44-47-49(46-41)43(33-17-9-6-10-18-33,34-19-11-7-12-20-34)35-21-13-8-14-22-35/h6-28,38,45H,4-5,29-30H2,1-3H3. The Hall–Kier alpha value is -5.86. The van der Waals surface area contributed by atoms with E-state index in [1.807, 2.05) is 72.8 Å². The van der Waals surface area contributed by atoms with Gasteiger partial charge in [0.2, 0.25) is 5.82 Å². The lowest BCUT2D eigenvalue weighted by atomic mass is 9.77. The lowest BCUT2D eigenvalue weighted by Gasteiger charge is -2.34. The fourth-order valence-corrected chi connectivity index (χ4v) is 7.33. The Bertz CT molecular complexity index is 2010. The van der Waals surface area contributed by atoms with Crippen LogP contribution in [0.3, 0.4) is 0 Å². The summed E-state index contributed by atoms with van der Waals surface area (Å²) in [5, 5.41) is 16.7. The summed E-state index contributed by atoms with van der Waals surface area (Å²) >= 11 is 0. The highest BCUT2D eigenvalue weighted by Gasteiger charge is 2.41. The summed E-state index contributed by atoms with van der Waals surface area (Å²) in [5.41, 5.74) is 11.6. The molecule has 5 aromatic carbocycles. The number of methoxy groups -OCH3 is 1. The van der Waals surface area contributed by atoms with Gasteiger partial charge in [-0.1, -0.05) is 153 Å². The Morgan fingerprint density at radius 1 is 0.745 bits per heavy atom. The number of hydrogen-bond donors (Lipinski definition) is 1. The van der Waals surface area contributed by atoms with E-state index in [0.717, 1.165) is 69.6 Å². The largest absolute Gasteiger partial charge is 0.466 e. The van der Waals surface area contributed by atoms with Gasteiger partial charge in [0.1, 0.15) is 0 Å². The maximum atomic E-state index is 12.9. The van der Waals surface area contributed by atoms with Gasteiger partial charge >= 0.3 is 5.97 Å².